The second kappa shape index (κ2) is 5.39. The minimum Gasteiger partial charge on any atom is -0.464 e. The van der Waals surface area contributed by atoms with Gasteiger partial charge in [0.1, 0.15) is 0 Å². The second-order valence-corrected chi connectivity index (χ2v) is 4.99. The molecule has 1 fully saturated rings. The van der Waals surface area contributed by atoms with Gasteiger partial charge in [0.05, 0.1) is 6.61 Å². The Kier molecular flexibility index (Phi) is 3.88. The summed E-state index contributed by atoms with van der Waals surface area (Å²) in [5, 5.41) is 0. The normalized spacial score (nSPS) is 19.3. The molecule has 1 aliphatic heterocycles. The maximum Gasteiger partial charge on any atom is 0.323 e. The maximum absolute atomic E-state index is 5.65. The maximum atomic E-state index is 5.65. The van der Waals surface area contributed by atoms with E-state index in [4.69, 9.17) is 10.5 Å². The van der Waals surface area contributed by atoms with Crippen molar-refractivity contribution in [3.8, 4) is 6.01 Å². The lowest BCUT2D eigenvalue weighted by molar-refractivity contribution is 0.312. The summed E-state index contributed by atoms with van der Waals surface area (Å²) in [7, 11) is 1.99. The molecule has 0 amide bonds. The molecule has 17 heavy (non-hydrogen) atoms. The minimum atomic E-state index is 0.205. The van der Waals surface area contributed by atoms with Crippen LogP contribution in [0.15, 0.2) is 0 Å². The number of anilines is 2. The predicted molar refractivity (Wildman–Crippen MR) is 69.5 cm³/mol. The predicted octanol–water partition coefficient (Wildman–Crippen LogP) is 0.794. The van der Waals surface area contributed by atoms with E-state index in [2.05, 4.69) is 19.9 Å². The molecule has 2 N–H and O–H groups in total. The zero-order valence-corrected chi connectivity index (χ0v) is 10.9. The number of nitrogen functional groups attached to an aromatic ring is 1. The van der Waals surface area contributed by atoms with E-state index < -0.39 is 0 Å². The highest BCUT2D eigenvalue weighted by Crippen LogP contribution is 2.24. The van der Waals surface area contributed by atoms with Gasteiger partial charge in [-0.05, 0) is 19.1 Å². The van der Waals surface area contributed by atoms with Crippen LogP contribution in [0.5, 0.6) is 6.01 Å². The fraction of sp³-hybridized carbons (Fsp3) is 0.700. The van der Waals surface area contributed by atoms with E-state index in [0.717, 1.165) is 12.2 Å². The van der Waals surface area contributed by atoms with Crippen molar-refractivity contribution in [2.45, 2.75) is 19.4 Å². The molecule has 94 valence electrons. The molecule has 0 bridgehead atoms. The lowest BCUT2D eigenvalue weighted by Gasteiger charge is -2.23. The van der Waals surface area contributed by atoms with Crippen LogP contribution in [0.3, 0.4) is 0 Å². The summed E-state index contributed by atoms with van der Waals surface area (Å²) in [6, 6.07) is 0.767. The summed E-state index contributed by atoms with van der Waals surface area (Å²) in [6.07, 6.45) is 1.15. The van der Waals surface area contributed by atoms with Crippen molar-refractivity contribution in [3.05, 3.63) is 0 Å². The van der Waals surface area contributed by atoms with Gasteiger partial charge >= 0.3 is 6.01 Å². The lowest BCUT2D eigenvalue weighted by atomic mass is 10.2. The topological polar surface area (TPSA) is 77.2 Å². The first-order valence-corrected chi connectivity index (χ1v) is 6.81. The van der Waals surface area contributed by atoms with E-state index in [9.17, 15) is 0 Å². The van der Waals surface area contributed by atoms with Crippen LogP contribution in [-0.2, 0) is 0 Å². The highest BCUT2D eigenvalue weighted by Gasteiger charge is 2.22. The molecule has 6 nitrogen and oxygen atoms in total. The van der Waals surface area contributed by atoms with Crippen molar-refractivity contribution < 1.29 is 4.74 Å². The molecular weight excluding hydrogens is 238 g/mol. The zero-order chi connectivity index (χ0) is 12.3. The van der Waals surface area contributed by atoms with Crippen molar-refractivity contribution in [2.24, 2.45) is 0 Å². The molecule has 0 spiro atoms. The third-order valence-electron chi connectivity index (χ3n) is 2.66. The number of hydrogen-bond donors (Lipinski definition) is 1. The molecular formula is C10H17N5OS. The standard InChI is InChI=1S/C10H17N5OS/c1-3-16-10-13-8(11)12-9(14-10)15(2)7-4-5-17-6-7/h7H,3-6H2,1-2H3,(H2,11,12,13,14). The van der Waals surface area contributed by atoms with E-state index in [1.165, 1.54) is 5.75 Å². The molecule has 0 aromatic carbocycles. The molecule has 2 rings (SSSR count). The number of thioether (sulfide) groups is 1. The average molecular weight is 255 g/mol. The molecule has 7 heteroatoms. The van der Waals surface area contributed by atoms with Gasteiger partial charge in [0.15, 0.2) is 0 Å². The van der Waals surface area contributed by atoms with E-state index in [1.807, 2.05) is 25.7 Å². The van der Waals surface area contributed by atoms with Gasteiger partial charge in [-0.25, -0.2) is 0 Å². The summed E-state index contributed by atoms with van der Waals surface area (Å²) in [4.78, 5) is 14.4. The smallest absolute Gasteiger partial charge is 0.323 e. The molecule has 1 atom stereocenters. The van der Waals surface area contributed by atoms with Gasteiger partial charge in [0, 0.05) is 18.8 Å². The molecule has 0 saturated carbocycles. The van der Waals surface area contributed by atoms with Gasteiger partial charge in [-0.1, -0.05) is 0 Å². The van der Waals surface area contributed by atoms with Crippen LogP contribution in [0.25, 0.3) is 0 Å². The van der Waals surface area contributed by atoms with E-state index >= 15 is 0 Å². The van der Waals surface area contributed by atoms with Crippen molar-refractivity contribution in [2.75, 3.05) is 35.8 Å². The van der Waals surface area contributed by atoms with Crippen LogP contribution in [-0.4, -0.2) is 46.2 Å². The number of nitrogens with two attached hydrogens (primary N) is 1. The Morgan fingerprint density at radius 1 is 1.47 bits per heavy atom. The largest absolute Gasteiger partial charge is 0.464 e. The Morgan fingerprint density at radius 2 is 2.29 bits per heavy atom. The third kappa shape index (κ3) is 2.91. The Balaban J connectivity index is 2.18. The SMILES string of the molecule is CCOc1nc(N)nc(N(C)C2CCSC2)n1. The fourth-order valence-electron chi connectivity index (χ4n) is 1.70. The molecule has 0 aliphatic carbocycles. The molecule has 2 heterocycles. The zero-order valence-electron chi connectivity index (χ0n) is 10.1. The van der Waals surface area contributed by atoms with Gasteiger partial charge in [-0.2, -0.15) is 26.7 Å². The monoisotopic (exact) mass is 255 g/mol. The average Bonchev–Trinajstić information content (AvgIpc) is 2.81. The molecule has 1 saturated heterocycles. The van der Waals surface area contributed by atoms with Crippen LogP contribution in [0.2, 0.25) is 0 Å². The summed E-state index contributed by atoms with van der Waals surface area (Å²) >= 11 is 1.95. The van der Waals surface area contributed by atoms with Crippen molar-refractivity contribution in [1.29, 1.82) is 0 Å². The first-order chi connectivity index (χ1) is 8.20. The van der Waals surface area contributed by atoms with Gasteiger partial charge < -0.3 is 15.4 Å². The Hall–Kier alpha value is -1.24. The van der Waals surface area contributed by atoms with Gasteiger partial charge in [0.2, 0.25) is 11.9 Å². The van der Waals surface area contributed by atoms with Gasteiger partial charge in [-0.3, -0.25) is 0 Å². The van der Waals surface area contributed by atoms with E-state index in [0.29, 0.717) is 24.6 Å². The van der Waals surface area contributed by atoms with Crippen molar-refractivity contribution in [1.82, 2.24) is 15.0 Å². The number of aromatic nitrogens is 3. The van der Waals surface area contributed by atoms with Gasteiger partial charge in [0.25, 0.3) is 0 Å². The highest BCUT2D eigenvalue weighted by molar-refractivity contribution is 7.99. The Labute approximate surface area is 105 Å². The number of nitrogens with zero attached hydrogens (tertiary/aromatic N) is 4. The molecule has 1 unspecified atom stereocenters. The highest BCUT2D eigenvalue weighted by atomic mass is 32.2. The Bertz CT molecular complexity index is 383. The first-order valence-electron chi connectivity index (χ1n) is 5.65. The molecule has 1 aromatic heterocycles. The number of hydrogen-bond acceptors (Lipinski definition) is 7. The summed E-state index contributed by atoms with van der Waals surface area (Å²) in [5.41, 5.74) is 5.65. The first kappa shape index (κ1) is 12.2. The fourth-order valence-corrected chi connectivity index (χ4v) is 2.97. The second-order valence-electron chi connectivity index (χ2n) is 3.84. The summed E-state index contributed by atoms with van der Waals surface area (Å²) in [5.74, 6) is 3.09. The van der Waals surface area contributed by atoms with Crippen LogP contribution in [0.4, 0.5) is 11.9 Å². The Morgan fingerprint density at radius 3 is 2.94 bits per heavy atom. The molecule has 1 aromatic rings. The van der Waals surface area contributed by atoms with E-state index in [1.54, 1.807) is 0 Å². The van der Waals surface area contributed by atoms with Crippen LogP contribution in [0.1, 0.15) is 13.3 Å². The number of ether oxygens (including phenoxy) is 1. The van der Waals surface area contributed by atoms with Crippen LogP contribution >= 0.6 is 11.8 Å². The minimum absolute atomic E-state index is 0.205. The van der Waals surface area contributed by atoms with E-state index in [-0.39, 0.29) is 5.95 Å². The summed E-state index contributed by atoms with van der Waals surface area (Å²) < 4.78 is 5.27. The molecule has 0 radical (unpaired) electrons. The quantitative estimate of drug-likeness (QED) is 0.852. The number of rotatable bonds is 4. The van der Waals surface area contributed by atoms with Crippen molar-refractivity contribution >= 4 is 23.7 Å². The summed E-state index contributed by atoms with van der Waals surface area (Å²) in [6.45, 7) is 2.41. The lowest BCUT2D eigenvalue weighted by Crippen LogP contribution is -2.33. The van der Waals surface area contributed by atoms with Gasteiger partial charge in [-0.15, -0.1) is 0 Å². The molecule has 1 aliphatic rings. The third-order valence-corrected chi connectivity index (χ3v) is 3.81. The van der Waals surface area contributed by atoms with Crippen LogP contribution < -0.4 is 15.4 Å². The van der Waals surface area contributed by atoms with Crippen LogP contribution in [0, 0.1) is 0 Å². The van der Waals surface area contributed by atoms with Crippen molar-refractivity contribution in [3.63, 3.8) is 0 Å².